The molecule has 0 radical (unpaired) electrons. The van der Waals surface area contributed by atoms with E-state index in [-0.39, 0.29) is 54.4 Å². The Balaban J connectivity index is 1.48. The number of thioether (sulfide) groups is 1. The number of nitrogens with zero attached hydrogens (tertiary/aromatic N) is 1. The van der Waals surface area contributed by atoms with Gasteiger partial charge >= 0.3 is 5.97 Å². The minimum atomic E-state index is -0.764. The van der Waals surface area contributed by atoms with E-state index in [4.69, 9.17) is 44.0 Å². The van der Waals surface area contributed by atoms with E-state index in [0.717, 1.165) is 17.6 Å². The van der Waals surface area contributed by atoms with Crippen molar-refractivity contribution in [2.45, 2.75) is 19.8 Å². The Morgan fingerprint density at radius 2 is 1.87 bits per heavy atom. The molecule has 13 heteroatoms. The Kier molecular flexibility index (Phi) is 9.01. The van der Waals surface area contributed by atoms with Crippen LogP contribution in [0.5, 0.6) is 0 Å². The fourth-order valence-electron chi connectivity index (χ4n) is 3.55. The molecule has 0 bridgehead atoms. The van der Waals surface area contributed by atoms with Gasteiger partial charge in [0.25, 0.3) is 11.1 Å². The Morgan fingerprint density at radius 1 is 1.10 bits per heavy atom. The van der Waals surface area contributed by atoms with Crippen LogP contribution in [0.4, 0.5) is 10.5 Å². The maximum Gasteiger partial charge on any atom is 0.339 e. The summed E-state index contributed by atoms with van der Waals surface area (Å²) in [7, 11) is 0. The summed E-state index contributed by atoms with van der Waals surface area (Å²) in [6.45, 7) is 1.59. The molecule has 0 atom stereocenters. The van der Waals surface area contributed by atoms with Crippen LogP contribution in [0.1, 0.15) is 35.7 Å². The smallest absolute Gasteiger partial charge is 0.339 e. The van der Waals surface area contributed by atoms with Crippen molar-refractivity contribution < 1.29 is 28.3 Å². The molecule has 1 fully saturated rings. The number of unbranched alkanes of at least 4 members (excludes halogenated alkanes) is 1. The van der Waals surface area contributed by atoms with Gasteiger partial charge in [0.15, 0.2) is 11.0 Å². The number of rotatable bonds is 8. The Labute approximate surface area is 241 Å². The second-order valence-corrected chi connectivity index (χ2v) is 10.5. The first kappa shape index (κ1) is 28.7. The molecule has 202 valence electrons. The van der Waals surface area contributed by atoms with E-state index in [0.29, 0.717) is 18.2 Å². The molecule has 1 aliphatic heterocycles. The molecule has 3 amide bonds. The molecule has 9 nitrogen and oxygen atoms in total. The summed E-state index contributed by atoms with van der Waals surface area (Å²) in [5.74, 6) is -2.09. The Morgan fingerprint density at radius 3 is 2.62 bits per heavy atom. The van der Waals surface area contributed by atoms with Crippen molar-refractivity contribution in [2.24, 2.45) is 0 Å². The van der Waals surface area contributed by atoms with Crippen molar-refractivity contribution in [3.8, 4) is 0 Å². The number of ether oxygens (including phenoxy) is 1. The molecule has 0 aliphatic carbocycles. The van der Waals surface area contributed by atoms with Crippen LogP contribution >= 0.6 is 46.6 Å². The van der Waals surface area contributed by atoms with Crippen molar-refractivity contribution in [1.82, 2.24) is 4.90 Å². The average molecular weight is 610 g/mol. The van der Waals surface area contributed by atoms with Crippen LogP contribution in [0.3, 0.4) is 0 Å². The van der Waals surface area contributed by atoms with Crippen molar-refractivity contribution in [2.75, 3.05) is 18.5 Å². The summed E-state index contributed by atoms with van der Waals surface area (Å²) in [5.41, 5.74) is -0.0864. The lowest BCUT2D eigenvalue weighted by Crippen LogP contribution is -2.36. The third-order valence-electron chi connectivity index (χ3n) is 5.48. The standard InChI is InChI=1S/C26H19Cl3N2O7S/c1-2-3-6-37-25(35)16-10-15(4-5-18(16)28)30-21(32)11-31-24(34)20(39-26(31)36)7-13-12-38-23-17(22(13)33)8-14(27)9-19(23)29/h4-5,7-10,12H,2-3,6,11H2,1H3,(H,30,32)/b20-7-. The molecule has 0 spiro atoms. The second kappa shape index (κ2) is 12.3. The quantitative estimate of drug-likeness (QED) is 0.177. The number of hydrogen-bond acceptors (Lipinski definition) is 8. The molecular formula is C26H19Cl3N2O7S. The van der Waals surface area contributed by atoms with Gasteiger partial charge in [-0.25, -0.2) is 4.79 Å². The fourth-order valence-corrected chi connectivity index (χ4v) is 5.11. The number of anilines is 1. The number of fused-ring (bicyclic) bond motifs is 1. The predicted molar refractivity (Wildman–Crippen MR) is 150 cm³/mol. The second-order valence-electron chi connectivity index (χ2n) is 8.28. The van der Waals surface area contributed by atoms with E-state index in [9.17, 15) is 24.0 Å². The number of hydrogen-bond donors (Lipinski definition) is 1. The number of amides is 3. The minimum absolute atomic E-state index is 0.00435. The van der Waals surface area contributed by atoms with Crippen molar-refractivity contribution in [3.05, 3.63) is 77.9 Å². The topological polar surface area (TPSA) is 123 Å². The summed E-state index contributed by atoms with van der Waals surface area (Å²) in [4.78, 5) is 63.9. The molecule has 39 heavy (non-hydrogen) atoms. The van der Waals surface area contributed by atoms with Crippen LogP contribution in [-0.4, -0.2) is 41.1 Å². The van der Waals surface area contributed by atoms with Gasteiger partial charge in [-0.3, -0.25) is 24.1 Å². The summed E-state index contributed by atoms with van der Waals surface area (Å²) >= 11 is 18.7. The van der Waals surface area contributed by atoms with Gasteiger partial charge in [0, 0.05) is 10.7 Å². The minimum Gasteiger partial charge on any atom is -0.462 e. The third kappa shape index (κ3) is 6.47. The van der Waals surface area contributed by atoms with Crippen molar-refractivity contribution in [1.29, 1.82) is 0 Å². The molecule has 1 aromatic heterocycles. The Bertz CT molecular complexity index is 1600. The van der Waals surface area contributed by atoms with Crippen molar-refractivity contribution in [3.63, 3.8) is 0 Å². The number of nitrogens with one attached hydrogen (secondary N) is 1. The van der Waals surface area contributed by atoms with Crippen LogP contribution in [-0.2, 0) is 14.3 Å². The zero-order valence-corrected chi connectivity index (χ0v) is 23.3. The van der Waals surface area contributed by atoms with E-state index in [2.05, 4.69) is 5.32 Å². The lowest BCUT2D eigenvalue weighted by molar-refractivity contribution is -0.127. The number of benzene rings is 2. The number of carbonyl (C=O) groups excluding carboxylic acids is 4. The summed E-state index contributed by atoms with van der Waals surface area (Å²) < 4.78 is 10.6. The number of imide groups is 1. The van der Waals surface area contributed by atoms with Gasteiger partial charge in [-0.1, -0.05) is 48.1 Å². The van der Waals surface area contributed by atoms with E-state index < -0.39 is 35.0 Å². The maximum absolute atomic E-state index is 12.9. The first-order valence-corrected chi connectivity index (χ1v) is 13.5. The highest BCUT2D eigenvalue weighted by molar-refractivity contribution is 8.18. The van der Waals surface area contributed by atoms with Gasteiger partial charge < -0.3 is 14.5 Å². The van der Waals surface area contributed by atoms with Gasteiger partial charge in [0.05, 0.1) is 38.1 Å². The van der Waals surface area contributed by atoms with E-state index in [1.165, 1.54) is 36.4 Å². The molecule has 2 aromatic carbocycles. The monoisotopic (exact) mass is 608 g/mol. The van der Waals surface area contributed by atoms with Crippen molar-refractivity contribution >= 4 is 92.3 Å². The molecular weight excluding hydrogens is 591 g/mol. The molecule has 1 aliphatic rings. The molecule has 1 saturated heterocycles. The zero-order valence-electron chi connectivity index (χ0n) is 20.2. The molecule has 4 rings (SSSR count). The first-order chi connectivity index (χ1) is 18.6. The van der Waals surface area contributed by atoms with E-state index in [1.807, 2.05) is 6.92 Å². The fraction of sp³-hybridized carbons (Fsp3) is 0.192. The van der Waals surface area contributed by atoms with Gasteiger partial charge in [-0.15, -0.1) is 0 Å². The normalized spacial score (nSPS) is 14.4. The third-order valence-corrected chi connectivity index (χ3v) is 7.22. The molecule has 0 saturated carbocycles. The highest BCUT2D eigenvalue weighted by Gasteiger charge is 2.36. The molecule has 2 heterocycles. The molecule has 1 N–H and O–H groups in total. The predicted octanol–water partition coefficient (Wildman–Crippen LogP) is 6.39. The van der Waals surface area contributed by atoms with Crippen LogP contribution in [0.15, 0.2) is 50.7 Å². The van der Waals surface area contributed by atoms with Crippen LogP contribution in [0, 0.1) is 0 Å². The number of halogens is 3. The molecule has 3 aromatic rings. The van der Waals surface area contributed by atoms with Gasteiger partial charge in [0.2, 0.25) is 5.91 Å². The van der Waals surface area contributed by atoms with E-state index in [1.54, 1.807) is 0 Å². The first-order valence-electron chi connectivity index (χ1n) is 11.5. The average Bonchev–Trinajstić information content (AvgIpc) is 3.14. The highest BCUT2D eigenvalue weighted by atomic mass is 35.5. The van der Waals surface area contributed by atoms with Crippen LogP contribution < -0.4 is 10.7 Å². The van der Waals surface area contributed by atoms with Gasteiger partial charge in [0.1, 0.15) is 12.8 Å². The van der Waals surface area contributed by atoms with Crippen LogP contribution in [0.2, 0.25) is 15.1 Å². The van der Waals surface area contributed by atoms with Crippen LogP contribution in [0.25, 0.3) is 17.0 Å². The largest absolute Gasteiger partial charge is 0.462 e. The maximum atomic E-state index is 12.9. The lowest BCUT2D eigenvalue weighted by atomic mass is 10.1. The summed E-state index contributed by atoms with van der Waals surface area (Å²) in [5, 5.41) is 2.46. The van der Waals surface area contributed by atoms with Gasteiger partial charge in [-0.05, 0) is 54.6 Å². The molecule has 0 unspecified atom stereocenters. The lowest BCUT2D eigenvalue weighted by Gasteiger charge is -2.13. The zero-order chi connectivity index (χ0) is 28.3. The summed E-state index contributed by atoms with van der Waals surface area (Å²) in [6.07, 6.45) is 3.87. The number of esters is 1. The van der Waals surface area contributed by atoms with E-state index >= 15 is 0 Å². The summed E-state index contributed by atoms with van der Waals surface area (Å²) in [6, 6.07) is 7.05. The SMILES string of the molecule is CCCCOC(=O)c1cc(NC(=O)CN2C(=O)S/C(=C\c3coc4c(Cl)cc(Cl)cc4c3=O)C2=O)ccc1Cl. The highest BCUT2D eigenvalue weighted by Crippen LogP contribution is 2.33. The number of carbonyl (C=O) groups is 4. The Hall–Kier alpha value is -3.31. The van der Waals surface area contributed by atoms with Gasteiger partial charge in [-0.2, -0.15) is 0 Å².